The summed E-state index contributed by atoms with van der Waals surface area (Å²) in [6.45, 7) is 6.41. The lowest BCUT2D eigenvalue weighted by Crippen LogP contribution is -2.04. The molecule has 44 valence electrons. The maximum Gasteiger partial charge on any atom is 0.152 e. The van der Waals surface area contributed by atoms with E-state index < -0.39 is 0 Å². The lowest BCUT2D eigenvalue weighted by Gasteiger charge is -2.02. The van der Waals surface area contributed by atoms with Crippen molar-refractivity contribution >= 4 is 0 Å². The van der Waals surface area contributed by atoms with Crippen LogP contribution in [0, 0.1) is 0 Å². The third-order valence-corrected chi connectivity index (χ3v) is 1.91. The smallest absolute Gasteiger partial charge is 0.152 e. The molecule has 0 aromatic heterocycles. The minimum atomic E-state index is -0.0972. The van der Waals surface area contributed by atoms with Crippen LogP contribution >= 0.6 is 0 Å². The zero-order valence-electron chi connectivity index (χ0n) is 4.81. The van der Waals surface area contributed by atoms with Gasteiger partial charge in [-0.1, -0.05) is 6.58 Å². The summed E-state index contributed by atoms with van der Waals surface area (Å²) in [6, 6.07) is 0. The van der Waals surface area contributed by atoms with E-state index in [1.54, 1.807) is 0 Å². The van der Waals surface area contributed by atoms with Crippen molar-refractivity contribution in [1.82, 2.24) is 0 Å². The molecule has 2 heteroatoms. The summed E-state index contributed by atoms with van der Waals surface area (Å²) in [5, 5.41) is 0. The number of ether oxygens (including phenoxy) is 2. The molecule has 0 N–H and O–H groups in total. The molecule has 0 radical (unpaired) electrons. The highest BCUT2D eigenvalue weighted by Crippen LogP contribution is 2.47. The van der Waals surface area contributed by atoms with Gasteiger partial charge in [0, 0.05) is 0 Å². The van der Waals surface area contributed by atoms with E-state index in [1.165, 1.54) is 0 Å². The largest absolute Gasteiger partial charge is 0.493 e. The Balaban J connectivity index is 2.31. The molecule has 0 saturated carbocycles. The SMILES string of the molecule is C=C1OC[C@@H]2O[C@]12C. The minimum absolute atomic E-state index is 0.0972. The number of hydrogen-bond donors (Lipinski definition) is 0. The normalized spacial score (nSPS) is 50.6. The Labute approximate surface area is 48.1 Å². The summed E-state index contributed by atoms with van der Waals surface area (Å²) >= 11 is 0. The van der Waals surface area contributed by atoms with Crippen LogP contribution in [0.2, 0.25) is 0 Å². The summed E-state index contributed by atoms with van der Waals surface area (Å²) in [6.07, 6.45) is 0.315. The van der Waals surface area contributed by atoms with Crippen molar-refractivity contribution in [3.63, 3.8) is 0 Å². The maximum atomic E-state index is 5.23. The van der Waals surface area contributed by atoms with Crippen molar-refractivity contribution < 1.29 is 9.47 Å². The number of fused-ring (bicyclic) bond motifs is 1. The van der Waals surface area contributed by atoms with Crippen LogP contribution in [-0.2, 0) is 9.47 Å². The molecule has 0 aromatic carbocycles. The molecule has 2 rings (SSSR count). The third-order valence-electron chi connectivity index (χ3n) is 1.91. The van der Waals surface area contributed by atoms with Gasteiger partial charge in [-0.3, -0.25) is 0 Å². The predicted octanol–water partition coefficient (Wildman–Crippen LogP) is 0.688. The maximum absolute atomic E-state index is 5.23. The quantitative estimate of drug-likeness (QED) is 0.430. The van der Waals surface area contributed by atoms with E-state index in [4.69, 9.17) is 9.47 Å². The average molecular weight is 112 g/mol. The molecule has 2 aliphatic heterocycles. The molecule has 8 heavy (non-hydrogen) atoms. The molecule has 2 aliphatic rings. The van der Waals surface area contributed by atoms with E-state index in [0.717, 1.165) is 5.76 Å². The standard InChI is InChI=1S/C6H8O2/c1-4-6(2)5(8-6)3-7-4/h5H,1,3H2,2H3/t5-,6+/m0/s1. The lowest BCUT2D eigenvalue weighted by molar-refractivity contribution is 0.136. The zero-order chi connectivity index (χ0) is 5.78. The number of epoxide rings is 1. The van der Waals surface area contributed by atoms with Crippen LogP contribution < -0.4 is 0 Å². The molecule has 2 atom stereocenters. The van der Waals surface area contributed by atoms with Crippen molar-refractivity contribution in [3.05, 3.63) is 12.3 Å². The summed E-state index contributed by atoms with van der Waals surface area (Å²) in [4.78, 5) is 0. The first-order chi connectivity index (χ1) is 3.73. The van der Waals surface area contributed by atoms with Crippen LogP contribution in [0.5, 0.6) is 0 Å². The second-order valence-corrected chi connectivity index (χ2v) is 2.45. The van der Waals surface area contributed by atoms with E-state index in [1.807, 2.05) is 6.92 Å². The molecular weight excluding hydrogens is 104 g/mol. The van der Waals surface area contributed by atoms with Gasteiger partial charge in [0.25, 0.3) is 0 Å². The van der Waals surface area contributed by atoms with Crippen LogP contribution in [-0.4, -0.2) is 18.3 Å². The highest BCUT2D eigenvalue weighted by Gasteiger charge is 2.60. The predicted molar refractivity (Wildman–Crippen MR) is 28.4 cm³/mol. The second-order valence-electron chi connectivity index (χ2n) is 2.45. The fraction of sp³-hybridized carbons (Fsp3) is 0.667. The molecule has 0 amide bonds. The highest BCUT2D eigenvalue weighted by atomic mass is 16.7. The summed E-state index contributed by atoms with van der Waals surface area (Å²) in [5.74, 6) is 0.794. The first kappa shape index (κ1) is 4.39. The van der Waals surface area contributed by atoms with Crippen molar-refractivity contribution in [2.24, 2.45) is 0 Å². The molecule has 2 saturated heterocycles. The van der Waals surface area contributed by atoms with Crippen LogP contribution in [0.3, 0.4) is 0 Å². The molecule has 0 unspecified atom stereocenters. The van der Waals surface area contributed by atoms with E-state index in [2.05, 4.69) is 6.58 Å². The van der Waals surface area contributed by atoms with Gasteiger partial charge in [-0.2, -0.15) is 0 Å². The topological polar surface area (TPSA) is 21.8 Å². The van der Waals surface area contributed by atoms with Gasteiger partial charge in [0.05, 0.1) is 0 Å². The molecule has 2 fully saturated rings. The van der Waals surface area contributed by atoms with Crippen LogP contribution in [0.15, 0.2) is 12.3 Å². The summed E-state index contributed by atoms with van der Waals surface area (Å²) < 4.78 is 10.3. The Morgan fingerprint density at radius 1 is 1.88 bits per heavy atom. The molecule has 2 nitrogen and oxygen atoms in total. The summed E-state index contributed by atoms with van der Waals surface area (Å²) in [7, 11) is 0. The van der Waals surface area contributed by atoms with E-state index >= 15 is 0 Å². The Kier molecular flexibility index (Phi) is 0.513. The monoisotopic (exact) mass is 112 g/mol. The Morgan fingerprint density at radius 2 is 2.62 bits per heavy atom. The fourth-order valence-corrected chi connectivity index (χ4v) is 1.02. The van der Waals surface area contributed by atoms with Gasteiger partial charge in [-0.25, -0.2) is 0 Å². The Hall–Kier alpha value is -0.500. The van der Waals surface area contributed by atoms with E-state index in [-0.39, 0.29) is 5.60 Å². The van der Waals surface area contributed by atoms with Crippen LogP contribution in [0.4, 0.5) is 0 Å². The molecule has 0 bridgehead atoms. The fourth-order valence-electron chi connectivity index (χ4n) is 1.02. The van der Waals surface area contributed by atoms with E-state index in [9.17, 15) is 0 Å². The zero-order valence-corrected chi connectivity index (χ0v) is 4.81. The Morgan fingerprint density at radius 3 is 2.75 bits per heavy atom. The van der Waals surface area contributed by atoms with Gasteiger partial charge >= 0.3 is 0 Å². The van der Waals surface area contributed by atoms with Gasteiger partial charge in [-0.05, 0) is 6.92 Å². The second kappa shape index (κ2) is 0.935. The molecular formula is C6H8O2. The molecule has 0 spiro atoms. The molecule has 0 aromatic rings. The van der Waals surface area contributed by atoms with E-state index in [0.29, 0.717) is 12.7 Å². The van der Waals surface area contributed by atoms with Crippen molar-refractivity contribution in [3.8, 4) is 0 Å². The van der Waals surface area contributed by atoms with Crippen molar-refractivity contribution in [1.29, 1.82) is 0 Å². The summed E-state index contributed by atoms with van der Waals surface area (Å²) in [5.41, 5.74) is -0.0972. The molecule has 0 aliphatic carbocycles. The van der Waals surface area contributed by atoms with Crippen molar-refractivity contribution in [2.75, 3.05) is 6.61 Å². The van der Waals surface area contributed by atoms with Gasteiger partial charge < -0.3 is 9.47 Å². The number of rotatable bonds is 0. The van der Waals surface area contributed by atoms with Gasteiger partial charge in [0.15, 0.2) is 5.60 Å². The Bertz CT molecular complexity index is 151. The van der Waals surface area contributed by atoms with Crippen LogP contribution in [0.25, 0.3) is 0 Å². The van der Waals surface area contributed by atoms with Crippen LogP contribution in [0.1, 0.15) is 6.92 Å². The molecule has 2 heterocycles. The van der Waals surface area contributed by atoms with Gasteiger partial charge in [-0.15, -0.1) is 0 Å². The average Bonchev–Trinajstić information content (AvgIpc) is 2.31. The number of hydrogen-bond acceptors (Lipinski definition) is 2. The minimum Gasteiger partial charge on any atom is -0.493 e. The van der Waals surface area contributed by atoms with Crippen molar-refractivity contribution in [2.45, 2.75) is 18.6 Å². The lowest BCUT2D eigenvalue weighted by atomic mass is 10.1. The third kappa shape index (κ3) is 0.293. The first-order valence-electron chi connectivity index (χ1n) is 2.73. The van der Waals surface area contributed by atoms with Gasteiger partial charge in [0.1, 0.15) is 18.5 Å². The first-order valence-corrected chi connectivity index (χ1v) is 2.73. The van der Waals surface area contributed by atoms with Gasteiger partial charge in [0.2, 0.25) is 0 Å². The highest BCUT2D eigenvalue weighted by molar-refractivity contribution is 5.22.